The predicted molar refractivity (Wildman–Crippen MR) is 99.1 cm³/mol. The first-order valence-electron chi connectivity index (χ1n) is 8.04. The van der Waals surface area contributed by atoms with Crippen molar-refractivity contribution in [1.82, 2.24) is 16.2 Å². The number of ether oxygens (including phenoxy) is 2. The van der Waals surface area contributed by atoms with Crippen molar-refractivity contribution in [1.29, 1.82) is 0 Å². The Morgan fingerprint density at radius 2 is 1.81 bits per heavy atom. The highest BCUT2D eigenvalue weighted by molar-refractivity contribution is 9.10. The van der Waals surface area contributed by atoms with Crippen molar-refractivity contribution >= 4 is 33.7 Å². The number of hydrogen-bond donors (Lipinski definition) is 3. The van der Waals surface area contributed by atoms with Crippen LogP contribution < -0.4 is 25.6 Å². The van der Waals surface area contributed by atoms with E-state index in [0.717, 1.165) is 4.47 Å². The Kier molecular flexibility index (Phi) is 5.92. The molecule has 0 fully saturated rings. The largest absolute Gasteiger partial charge is 0.485 e. The first-order chi connectivity index (χ1) is 13.0. The molecule has 8 nitrogen and oxygen atoms in total. The molecular formula is C18H16BrN3O5. The van der Waals surface area contributed by atoms with Gasteiger partial charge in [0.05, 0.1) is 6.54 Å². The number of carbonyl (C=O) groups is 3. The summed E-state index contributed by atoms with van der Waals surface area (Å²) in [5.41, 5.74) is 4.89. The van der Waals surface area contributed by atoms with Crippen LogP contribution in [0.4, 0.5) is 0 Å². The zero-order chi connectivity index (χ0) is 19.2. The fraction of sp³-hybridized carbons (Fsp3) is 0.167. The smallest absolute Gasteiger partial charge is 0.283 e. The van der Waals surface area contributed by atoms with E-state index in [0.29, 0.717) is 17.1 Å². The Morgan fingerprint density at radius 3 is 2.59 bits per heavy atom. The van der Waals surface area contributed by atoms with Crippen molar-refractivity contribution in [3.05, 3.63) is 58.6 Å². The van der Waals surface area contributed by atoms with Crippen molar-refractivity contribution < 1.29 is 23.9 Å². The van der Waals surface area contributed by atoms with Crippen molar-refractivity contribution in [2.24, 2.45) is 0 Å². The Morgan fingerprint density at radius 1 is 1.04 bits per heavy atom. The van der Waals surface area contributed by atoms with Crippen molar-refractivity contribution in [3.8, 4) is 11.5 Å². The summed E-state index contributed by atoms with van der Waals surface area (Å²) in [7, 11) is 0. The molecule has 2 aromatic rings. The van der Waals surface area contributed by atoms with Crippen LogP contribution >= 0.6 is 15.9 Å². The minimum absolute atomic E-state index is 0.0261. The second kappa shape index (κ2) is 8.54. The van der Waals surface area contributed by atoms with Crippen LogP contribution in [0.15, 0.2) is 53.0 Å². The summed E-state index contributed by atoms with van der Waals surface area (Å²) in [6, 6.07) is 13.7. The Bertz CT molecular complexity index is 874. The summed E-state index contributed by atoms with van der Waals surface area (Å²) in [5.74, 6) is -0.532. The molecule has 3 rings (SSSR count). The number of nitrogens with one attached hydrogen (secondary N) is 3. The van der Waals surface area contributed by atoms with Gasteiger partial charge in [0, 0.05) is 10.0 Å². The molecule has 0 aliphatic carbocycles. The molecule has 3 amide bonds. The summed E-state index contributed by atoms with van der Waals surface area (Å²) in [6.07, 6.45) is -0.892. The lowest BCUT2D eigenvalue weighted by Gasteiger charge is -2.25. The molecule has 1 heterocycles. The fourth-order valence-corrected chi connectivity index (χ4v) is 2.70. The number of amides is 3. The first kappa shape index (κ1) is 18.7. The lowest BCUT2D eigenvalue weighted by Crippen LogP contribution is -2.52. The van der Waals surface area contributed by atoms with Crippen LogP contribution in [-0.2, 0) is 9.59 Å². The molecule has 0 bridgehead atoms. The number of rotatable bonds is 4. The average Bonchev–Trinajstić information content (AvgIpc) is 2.69. The van der Waals surface area contributed by atoms with Gasteiger partial charge in [0.15, 0.2) is 11.5 Å². The summed E-state index contributed by atoms with van der Waals surface area (Å²) in [4.78, 5) is 35.9. The van der Waals surface area contributed by atoms with Gasteiger partial charge < -0.3 is 14.8 Å². The highest BCUT2D eigenvalue weighted by atomic mass is 79.9. The third-order valence-corrected chi connectivity index (χ3v) is 4.12. The van der Waals surface area contributed by atoms with E-state index in [1.165, 1.54) is 0 Å². The van der Waals surface area contributed by atoms with Crippen LogP contribution in [0.2, 0.25) is 0 Å². The molecule has 3 N–H and O–H groups in total. The molecule has 0 unspecified atom stereocenters. The maximum Gasteiger partial charge on any atom is 0.283 e. The highest BCUT2D eigenvalue weighted by Gasteiger charge is 2.27. The first-order valence-corrected chi connectivity index (χ1v) is 8.83. The molecule has 0 spiro atoms. The number of halogens is 1. The summed E-state index contributed by atoms with van der Waals surface area (Å²) < 4.78 is 11.7. The number of benzene rings is 2. The molecule has 0 aromatic heterocycles. The zero-order valence-electron chi connectivity index (χ0n) is 14.0. The molecule has 2 aromatic carbocycles. The van der Waals surface area contributed by atoms with Gasteiger partial charge in [0.1, 0.15) is 6.61 Å². The molecule has 9 heteroatoms. The van der Waals surface area contributed by atoms with Crippen LogP contribution in [0, 0.1) is 0 Å². The van der Waals surface area contributed by atoms with Crippen LogP contribution in [-0.4, -0.2) is 37.0 Å². The second-order valence-corrected chi connectivity index (χ2v) is 6.51. The monoisotopic (exact) mass is 433 g/mol. The fourth-order valence-electron chi connectivity index (χ4n) is 2.30. The van der Waals surface area contributed by atoms with Crippen molar-refractivity contribution in [2.75, 3.05) is 13.2 Å². The SMILES string of the molecule is O=C(CNC(=O)c1cccc(Br)c1)NNC(=O)[C@@H]1COc2ccccc2O1. The van der Waals surface area contributed by atoms with Gasteiger partial charge in [-0.25, -0.2) is 0 Å². The Labute approximate surface area is 163 Å². The van der Waals surface area contributed by atoms with Gasteiger partial charge in [-0.15, -0.1) is 0 Å². The quantitative estimate of drug-likeness (QED) is 0.627. The maximum absolute atomic E-state index is 12.1. The number of hydrazine groups is 1. The van der Waals surface area contributed by atoms with Crippen LogP contribution in [0.5, 0.6) is 11.5 Å². The molecule has 0 saturated heterocycles. The molecule has 0 radical (unpaired) electrons. The standard InChI is InChI=1S/C18H16BrN3O5/c19-12-5-3-4-11(8-12)17(24)20-9-16(23)21-22-18(25)15-10-26-13-6-1-2-7-14(13)27-15/h1-8,15H,9-10H2,(H,20,24)(H,21,23)(H,22,25)/t15-/m0/s1. The Balaban J connectivity index is 1.43. The lowest BCUT2D eigenvalue weighted by molar-refractivity contribution is -0.134. The second-order valence-electron chi connectivity index (χ2n) is 5.59. The number of fused-ring (bicyclic) bond motifs is 1. The number of para-hydroxylation sites is 2. The molecule has 1 aliphatic heterocycles. The summed E-state index contributed by atoms with van der Waals surface area (Å²) in [5, 5.41) is 2.46. The van der Waals surface area contributed by atoms with E-state index in [9.17, 15) is 14.4 Å². The van der Waals surface area contributed by atoms with Gasteiger partial charge in [0.2, 0.25) is 6.10 Å². The maximum atomic E-state index is 12.1. The van der Waals surface area contributed by atoms with Gasteiger partial charge in [0.25, 0.3) is 17.7 Å². The van der Waals surface area contributed by atoms with Gasteiger partial charge in [-0.2, -0.15) is 0 Å². The molecular weight excluding hydrogens is 418 g/mol. The minimum Gasteiger partial charge on any atom is -0.485 e. The Hall–Kier alpha value is -3.07. The summed E-state index contributed by atoms with van der Waals surface area (Å²) >= 11 is 3.27. The van der Waals surface area contributed by atoms with Gasteiger partial charge >= 0.3 is 0 Å². The predicted octanol–water partition coefficient (Wildman–Crippen LogP) is 1.17. The van der Waals surface area contributed by atoms with E-state index in [-0.39, 0.29) is 13.2 Å². The average molecular weight is 434 g/mol. The van der Waals surface area contributed by atoms with E-state index < -0.39 is 23.8 Å². The van der Waals surface area contributed by atoms with Crippen LogP contribution in [0.25, 0.3) is 0 Å². The third-order valence-electron chi connectivity index (χ3n) is 3.62. The summed E-state index contributed by atoms with van der Waals surface area (Å²) in [6.45, 7) is -0.269. The van der Waals surface area contributed by atoms with E-state index in [1.807, 2.05) is 0 Å². The number of carbonyl (C=O) groups excluding carboxylic acids is 3. The molecule has 0 saturated carbocycles. The van der Waals surface area contributed by atoms with Gasteiger partial charge in [-0.3, -0.25) is 25.2 Å². The van der Waals surface area contributed by atoms with Crippen LogP contribution in [0.1, 0.15) is 10.4 Å². The van der Waals surface area contributed by atoms with E-state index >= 15 is 0 Å². The third kappa shape index (κ3) is 4.98. The number of hydrogen-bond acceptors (Lipinski definition) is 5. The topological polar surface area (TPSA) is 106 Å². The highest BCUT2D eigenvalue weighted by Crippen LogP contribution is 2.30. The van der Waals surface area contributed by atoms with E-state index in [4.69, 9.17) is 9.47 Å². The van der Waals surface area contributed by atoms with E-state index in [1.54, 1.807) is 48.5 Å². The lowest BCUT2D eigenvalue weighted by atomic mass is 10.2. The van der Waals surface area contributed by atoms with Gasteiger partial charge in [-0.05, 0) is 30.3 Å². The minimum atomic E-state index is -0.892. The van der Waals surface area contributed by atoms with E-state index in [2.05, 4.69) is 32.1 Å². The molecule has 140 valence electrons. The van der Waals surface area contributed by atoms with Crippen LogP contribution in [0.3, 0.4) is 0 Å². The normalized spacial score (nSPS) is 14.8. The van der Waals surface area contributed by atoms with Gasteiger partial charge in [-0.1, -0.05) is 34.1 Å². The zero-order valence-corrected chi connectivity index (χ0v) is 15.6. The molecule has 1 aliphatic rings. The molecule has 1 atom stereocenters. The molecule has 27 heavy (non-hydrogen) atoms. The van der Waals surface area contributed by atoms with Crippen molar-refractivity contribution in [3.63, 3.8) is 0 Å². The van der Waals surface area contributed by atoms with Crippen molar-refractivity contribution in [2.45, 2.75) is 6.10 Å².